The zero-order chi connectivity index (χ0) is 13.9. The van der Waals surface area contributed by atoms with E-state index in [1.807, 2.05) is 5.32 Å². The van der Waals surface area contributed by atoms with Crippen LogP contribution < -0.4 is 5.32 Å². The molecule has 1 amide bonds. The Kier molecular flexibility index (Phi) is 3.93. The van der Waals surface area contributed by atoms with Crippen molar-refractivity contribution >= 4 is 17.6 Å². The van der Waals surface area contributed by atoms with Gasteiger partial charge in [0.2, 0.25) is 0 Å². The van der Waals surface area contributed by atoms with Crippen molar-refractivity contribution in [1.82, 2.24) is 5.32 Å². The summed E-state index contributed by atoms with van der Waals surface area (Å²) in [6, 6.07) is 1.20. The molecule has 18 heavy (non-hydrogen) atoms. The van der Waals surface area contributed by atoms with Gasteiger partial charge < -0.3 is 10.4 Å². The van der Waals surface area contributed by atoms with E-state index < -0.39 is 39.9 Å². The van der Waals surface area contributed by atoms with E-state index in [0.717, 1.165) is 12.1 Å². The van der Waals surface area contributed by atoms with Gasteiger partial charge in [-0.3, -0.25) is 19.7 Å². The largest absolute Gasteiger partial charge is 0.480 e. The van der Waals surface area contributed by atoms with Crippen LogP contribution in [0.3, 0.4) is 0 Å². The maximum Gasteiger partial charge on any atom is 0.325 e. The summed E-state index contributed by atoms with van der Waals surface area (Å²) in [5.41, 5.74) is -1.11. The summed E-state index contributed by atoms with van der Waals surface area (Å²) in [6.45, 7) is 1.20. The Balaban J connectivity index is 3.06. The van der Waals surface area contributed by atoms with Crippen molar-refractivity contribution in [2.45, 2.75) is 13.0 Å². The molecule has 1 aromatic rings. The molecule has 0 spiro atoms. The number of nitrogens with zero attached hydrogens (tertiary/aromatic N) is 1. The molecule has 1 atom stereocenters. The minimum atomic E-state index is -1.28. The van der Waals surface area contributed by atoms with Gasteiger partial charge in [0.25, 0.3) is 11.6 Å². The van der Waals surface area contributed by atoms with Crippen molar-refractivity contribution in [2.75, 3.05) is 0 Å². The van der Waals surface area contributed by atoms with E-state index in [1.165, 1.54) is 6.92 Å². The number of carboxylic acid groups (broad SMARTS) is 1. The van der Waals surface area contributed by atoms with Gasteiger partial charge in [-0.25, -0.2) is 4.39 Å². The molecule has 0 saturated carbocycles. The number of carbonyl (C=O) groups is 2. The van der Waals surface area contributed by atoms with Gasteiger partial charge >= 0.3 is 5.97 Å². The molecule has 1 rings (SSSR count). The van der Waals surface area contributed by atoms with Crippen LogP contribution in [0.5, 0.6) is 0 Å². The second-order valence-corrected chi connectivity index (χ2v) is 3.45. The molecule has 0 aliphatic heterocycles. The number of amides is 1. The summed E-state index contributed by atoms with van der Waals surface area (Å²) < 4.78 is 12.8. The van der Waals surface area contributed by atoms with E-state index in [1.54, 1.807) is 0 Å². The van der Waals surface area contributed by atoms with E-state index in [0.29, 0.717) is 6.07 Å². The third-order valence-corrected chi connectivity index (χ3v) is 2.12. The number of rotatable bonds is 4. The molecule has 1 aromatic carbocycles. The summed E-state index contributed by atoms with van der Waals surface area (Å²) >= 11 is 0. The van der Waals surface area contributed by atoms with Gasteiger partial charge in [0.15, 0.2) is 0 Å². The van der Waals surface area contributed by atoms with E-state index in [2.05, 4.69) is 0 Å². The molecule has 0 aliphatic rings. The molecular formula is C10H9FN2O5. The predicted molar refractivity (Wildman–Crippen MR) is 57.6 cm³/mol. The van der Waals surface area contributed by atoms with Gasteiger partial charge in [0.1, 0.15) is 17.4 Å². The fraction of sp³-hybridized carbons (Fsp3) is 0.200. The van der Waals surface area contributed by atoms with Crippen LogP contribution in [-0.2, 0) is 4.79 Å². The molecule has 7 nitrogen and oxygen atoms in total. The van der Waals surface area contributed by atoms with Crippen LogP contribution in [-0.4, -0.2) is 27.9 Å². The number of carboxylic acids is 1. The van der Waals surface area contributed by atoms with Crippen molar-refractivity contribution < 1.29 is 24.0 Å². The van der Waals surface area contributed by atoms with Crippen LogP contribution in [0.15, 0.2) is 18.2 Å². The third kappa shape index (κ3) is 3.00. The molecule has 0 saturated heterocycles. The first kappa shape index (κ1) is 13.6. The summed E-state index contributed by atoms with van der Waals surface area (Å²) in [4.78, 5) is 31.9. The van der Waals surface area contributed by atoms with E-state index in [9.17, 15) is 24.1 Å². The Morgan fingerprint density at radius 3 is 2.61 bits per heavy atom. The van der Waals surface area contributed by atoms with Crippen LogP contribution in [0.2, 0.25) is 0 Å². The quantitative estimate of drug-likeness (QED) is 0.615. The molecule has 0 heterocycles. The monoisotopic (exact) mass is 256 g/mol. The lowest BCUT2D eigenvalue weighted by molar-refractivity contribution is -0.385. The number of halogens is 1. The smallest absolute Gasteiger partial charge is 0.325 e. The number of nitro groups is 1. The van der Waals surface area contributed by atoms with Crippen LogP contribution in [0, 0.1) is 15.9 Å². The van der Waals surface area contributed by atoms with Gasteiger partial charge in [-0.2, -0.15) is 0 Å². The van der Waals surface area contributed by atoms with Crippen molar-refractivity contribution in [3.8, 4) is 0 Å². The highest BCUT2D eigenvalue weighted by Crippen LogP contribution is 2.19. The normalized spacial score (nSPS) is 11.7. The number of nitrogens with one attached hydrogen (secondary N) is 1. The summed E-state index contributed by atoms with van der Waals surface area (Å²) in [7, 11) is 0. The summed E-state index contributed by atoms with van der Waals surface area (Å²) in [5.74, 6) is -3.09. The summed E-state index contributed by atoms with van der Waals surface area (Å²) in [5, 5.41) is 21.3. The minimum absolute atomic E-state index is 0.394. The number of aliphatic carboxylic acids is 1. The molecule has 2 N–H and O–H groups in total. The maximum atomic E-state index is 12.8. The van der Waals surface area contributed by atoms with Gasteiger partial charge in [-0.05, 0) is 19.1 Å². The van der Waals surface area contributed by atoms with Crippen LogP contribution >= 0.6 is 0 Å². The first-order chi connectivity index (χ1) is 8.32. The Morgan fingerprint density at radius 2 is 2.11 bits per heavy atom. The lowest BCUT2D eigenvalue weighted by Crippen LogP contribution is -2.38. The average Bonchev–Trinajstić information content (AvgIpc) is 2.28. The van der Waals surface area contributed by atoms with Crippen LogP contribution in [0.1, 0.15) is 17.3 Å². The van der Waals surface area contributed by atoms with Gasteiger partial charge in [-0.15, -0.1) is 0 Å². The number of nitro benzene ring substituents is 1. The van der Waals surface area contributed by atoms with Crippen molar-refractivity contribution in [3.63, 3.8) is 0 Å². The van der Waals surface area contributed by atoms with E-state index >= 15 is 0 Å². The number of hydrogen-bond donors (Lipinski definition) is 2. The van der Waals surface area contributed by atoms with Crippen molar-refractivity contribution in [2.24, 2.45) is 0 Å². The predicted octanol–water partition coefficient (Wildman–Crippen LogP) is 0.937. The van der Waals surface area contributed by atoms with Gasteiger partial charge in [-0.1, -0.05) is 0 Å². The van der Waals surface area contributed by atoms with Crippen molar-refractivity contribution in [3.05, 3.63) is 39.7 Å². The standard InChI is InChI=1S/C10H9FN2O5/c1-5(10(15)16)12-9(14)7-3-2-6(11)4-8(7)13(17)18/h2-5H,1H3,(H,12,14)(H,15,16). The number of carbonyl (C=O) groups excluding carboxylic acids is 1. The first-order valence-corrected chi connectivity index (χ1v) is 4.80. The molecule has 0 bridgehead atoms. The SMILES string of the molecule is CC(NC(=O)c1ccc(F)cc1[N+](=O)[O-])C(=O)O. The van der Waals surface area contributed by atoms with Crippen molar-refractivity contribution in [1.29, 1.82) is 0 Å². The third-order valence-electron chi connectivity index (χ3n) is 2.12. The second kappa shape index (κ2) is 5.21. The Hall–Kier alpha value is -2.51. The molecule has 0 fully saturated rings. The van der Waals surface area contributed by atoms with Gasteiger partial charge in [0, 0.05) is 0 Å². The highest BCUT2D eigenvalue weighted by molar-refractivity contribution is 5.99. The van der Waals surface area contributed by atoms with E-state index in [-0.39, 0.29) is 0 Å². The van der Waals surface area contributed by atoms with Crippen LogP contribution in [0.25, 0.3) is 0 Å². The highest BCUT2D eigenvalue weighted by Gasteiger charge is 2.23. The van der Waals surface area contributed by atoms with Gasteiger partial charge in [0.05, 0.1) is 11.0 Å². The average molecular weight is 256 g/mol. The molecule has 1 unspecified atom stereocenters. The fourth-order valence-corrected chi connectivity index (χ4v) is 1.18. The molecule has 0 aromatic heterocycles. The highest BCUT2D eigenvalue weighted by atomic mass is 19.1. The maximum absolute atomic E-state index is 12.8. The Morgan fingerprint density at radius 1 is 1.50 bits per heavy atom. The second-order valence-electron chi connectivity index (χ2n) is 3.45. The topological polar surface area (TPSA) is 110 Å². The zero-order valence-corrected chi connectivity index (χ0v) is 9.21. The number of benzene rings is 1. The Bertz CT molecular complexity index is 517. The van der Waals surface area contributed by atoms with E-state index in [4.69, 9.17) is 5.11 Å². The zero-order valence-electron chi connectivity index (χ0n) is 9.21. The van der Waals surface area contributed by atoms with Crippen LogP contribution in [0.4, 0.5) is 10.1 Å². The molecule has 8 heteroatoms. The summed E-state index contributed by atoms with van der Waals surface area (Å²) in [6.07, 6.45) is 0. The Labute approximate surface area is 100 Å². The minimum Gasteiger partial charge on any atom is -0.480 e. The molecule has 96 valence electrons. The number of hydrogen-bond acceptors (Lipinski definition) is 4. The first-order valence-electron chi connectivity index (χ1n) is 4.80. The molecule has 0 radical (unpaired) electrons. The lowest BCUT2D eigenvalue weighted by Gasteiger charge is -2.09. The molecular weight excluding hydrogens is 247 g/mol. The fourth-order valence-electron chi connectivity index (χ4n) is 1.18. The lowest BCUT2D eigenvalue weighted by atomic mass is 10.1. The molecule has 0 aliphatic carbocycles.